The number of carbonyl (C=O) groups is 1. The number of methoxy groups -OCH3 is 1. The Bertz CT molecular complexity index is 1290. The maximum atomic E-state index is 11.7. The lowest BCUT2D eigenvalue weighted by atomic mass is 10.1. The van der Waals surface area contributed by atoms with Crippen molar-refractivity contribution in [3.8, 4) is 22.7 Å². The van der Waals surface area contributed by atoms with Gasteiger partial charge in [0.2, 0.25) is 0 Å². The highest BCUT2D eigenvalue weighted by Crippen LogP contribution is 2.38. The second-order valence-corrected chi connectivity index (χ2v) is 6.88. The van der Waals surface area contributed by atoms with Gasteiger partial charge in [0.15, 0.2) is 11.9 Å². The van der Waals surface area contributed by atoms with Crippen molar-refractivity contribution in [1.29, 1.82) is 0 Å². The number of aldehydes is 1. The Hall–Kier alpha value is -3.39. The zero-order valence-corrected chi connectivity index (χ0v) is 15.4. The van der Waals surface area contributed by atoms with Gasteiger partial charge in [-0.05, 0) is 23.6 Å². The molecule has 0 aliphatic heterocycles. The number of furan rings is 1. The van der Waals surface area contributed by atoms with Crippen LogP contribution in [0.5, 0.6) is 5.75 Å². The highest BCUT2D eigenvalue weighted by Gasteiger charge is 2.22. The second kappa shape index (κ2) is 5.82. The minimum Gasteiger partial charge on any atom is -0.496 e. The van der Waals surface area contributed by atoms with E-state index in [0.717, 1.165) is 28.6 Å². The van der Waals surface area contributed by atoms with Gasteiger partial charge < -0.3 is 9.15 Å². The smallest absolute Gasteiger partial charge is 0.184 e. The summed E-state index contributed by atoms with van der Waals surface area (Å²) in [7, 11) is 3.47. The van der Waals surface area contributed by atoms with E-state index in [1.807, 2.05) is 48.3 Å². The summed E-state index contributed by atoms with van der Waals surface area (Å²) in [5.74, 6) is 0.649. The molecule has 0 saturated carbocycles. The number of ether oxygens (including phenoxy) is 1. The zero-order valence-electron chi connectivity index (χ0n) is 14.5. The van der Waals surface area contributed by atoms with Crippen LogP contribution in [0.25, 0.3) is 39.0 Å². The maximum Gasteiger partial charge on any atom is 0.184 e. The largest absolute Gasteiger partial charge is 0.496 e. The van der Waals surface area contributed by atoms with Crippen LogP contribution in [0.1, 0.15) is 10.5 Å². The Morgan fingerprint density at radius 1 is 1.26 bits per heavy atom. The van der Waals surface area contributed by atoms with Gasteiger partial charge in [0.1, 0.15) is 22.5 Å². The molecule has 0 atom stereocenters. The summed E-state index contributed by atoms with van der Waals surface area (Å²) in [6.07, 6.45) is 2.64. The summed E-state index contributed by atoms with van der Waals surface area (Å²) in [4.78, 5) is 11.7. The van der Waals surface area contributed by atoms with Crippen LogP contribution in [-0.2, 0) is 7.05 Å². The molecule has 5 aromatic rings. The fraction of sp³-hybridized carbons (Fsp3) is 0.105. The molecule has 0 amide bonds. The molecule has 0 radical (unpaired) electrons. The molecule has 0 saturated heterocycles. The molecule has 27 heavy (non-hydrogen) atoms. The molecule has 0 aliphatic carbocycles. The molecular formula is C19H14N4O3S. The lowest BCUT2D eigenvalue weighted by molar-refractivity contribution is 0.111. The van der Waals surface area contributed by atoms with Crippen molar-refractivity contribution in [2.45, 2.75) is 0 Å². The van der Waals surface area contributed by atoms with Gasteiger partial charge in [-0.1, -0.05) is 0 Å². The van der Waals surface area contributed by atoms with Crippen LogP contribution < -0.4 is 4.74 Å². The molecular weight excluding hydrogens is 364 g/mol. The molecule has 4 aromatic heterocycles. The minimum atomic E-state index is 0.387. The van der Waals surface area contributed by atoms with E-state index in [-0.39, 0.29) is 0 Å². The Morgan fingerprint density at radius 3 is 2.81 bits per heavy atom. The van der Waals surface area contributed by atoms with Gasteiger partial charge >= 0.3 is 0 Å². The molecule has 1 aromatic carbocycles. The number of benzene rings is 1. The molecule has 0 bridgehead atoms. The first-order chi connectivity index (χ1) is 13.2. The molecule has 4 heterocycles. The van der Waals surface area contributed by atoms with Crippen LogP contribution in [0, 0.1) is 0 Å². The number of nitrogens with zero attached hydrogens (tertiary/aromatic N) is 4. The Balaban J connectivity index is 1.82. The highest BCUT2D eigenvalue weighted by molar-refractivity contribution is 7.08. The Morgan fingerprint density at radius 2 is 2.15 bits per heavy atom. The van der Waals surface area contributed by atoms with Crippen molar-refractivity contribution >= 4 is 39.7 Å². The summed E-state index contributed by atoms with van der Waals surface area (Å²) in [5.41, 5.74) is 4.57. The molecule has 0 aliphatic rings. The van der Waals surface area contributed by atoms with Crippen molar-refractivity contribution in [3.05, 3.63) is 46.9 Å². The molecule has 8 heteroatoms. The van der Waals surface area contributed by atoms with E-state index in [2.05, 4.69) is 10.2 Å². The van der Waals surface area contributed by atoms with Crippen molar-refractivity contribution in [1.82, 2.24) is 19.6 Å². The van der Waals surface area contributed by atoms with E-state index >= 15 is 0 Å². The average molecular weight is 378 g/mol. The van der Waals surface area contributed by atoms with Gasteiger partial charge in [-0.3, -0.25) is 9.48 Å². The lowest BCUT2D eigenvalue weighted by Gasteiger charge is -2.06. The topological polar surface area (TPSA) is 75.1 Å². The fourth-order valence-corrected chi connectivity index (χ4v) is 3.85. The molecule has 7 nitrogen and oxygen atoms in total. The summed E-state index contributed by atoms with van der Waals surface area (Å²) >= 11 is 1.54. The number of aryl methyl sites for hydroxylation is 1. The molecule has 0 fully saturated rings. The SMILES string of the molecule is COc1cc2oc3c(C=O)n(-c4ccsc4)nc3c2cc1-c1ccn(C)n1. The standard InChI is InChI=1S/C19H14N4O3S/c1-22-5-3-14(20-22)12-7-13-17(8-16(12)25-2)26-19-15(9-24)23(21-18(13)19)11-4-6-27-10-11/h3-10H,1-2H3. The van der Waals surface area contributed by atoms with E-state index < -0.39 is 0 Å². The highest BCUT2D eigenvalue weighted by atomic mass is 32.1. The van der Waals surface area contributed by atoms with E-state index in [4.69, 9.17) is 9.15 Å². The molecule has 5 rings (SSSR count). The van der Waals surface area contributed by atoms with Gasteiger partial charge in [0.05, 0.1) is 18.5 Å². The number of aromatic nitrogens is 4. The summed E-state index contributed by atoms with van der Waals surface area (Å²) in [5, 5.41) is 13.8. The molecule has 0 N–H and O–H groups in total. The summed E-state index contributed by atoms with van der Waals surface area (Å²) in [6.45, 7) is 0. The first-order valence-corrected chi connectivity index (χ1v) is 9.15. The van der Waals surface area contributed by atoms with Crippen LogP contribution in [-0.4, -0.2) is 33.0 Å². The predicted molar refractivity (Wildman–Crippen MR) is 103 cm³/mol. The minimum absolute atomic E-state index is 0.387. The van der Waals surface area contributed by atoms with Crippen LogP contribution >= 0.6 is 11.3 Å². The number of rotatable bonds is 4. The van der Waals surface area contributed by atoms with Gasteiger partial charge in [0, 0.05) is 35.6 Å². The first kappa shape index (κ1) is 15.8. The molecule has 0 unspecified atom stereocenters. The number of hydrogen-bond donors (Lipinski definition) is 0. The third kappa shape index (κ3) is 2.30. The van der Waals surface area contributed by atoms with Crippen molar-refractivity contribution in [2.24, 2.45) is 7.05 Å². The Labute approximate surface area is 157 Å². The maximum absolute atomic E-state index is 11.7. The van der Waals surface area contributed by atoms with Crippen molar-refractivity contribution in [3.63, 3.8) is 0 Å². The number of carbonyl (C=O) groups excluding carboxylic acids is 1. The van der Waals surface area contributed by atoms with Crippen molar-refractivity contribution < 1.29 is 13.9 Å². The van der Waals surface area contributed by atoms with E-state index in [1.54, 1.807) is 27.8 Å². The average Bonchev–Trinajstić information content (AvgIpc) is 3.43. The van der Waals surface area contributed by atoms with Gasteiger partial charge in [0.25, 0.3) is 0 Å². The first-order valence-electron chi connectivity index (χ1n) is 8.20. The van der Waals surface area contributed by atoms with E-state index in [0.29, 0.717) is 28.1 Å². The summed E-state index contributed by atoms with van der Waals surface area (Å²) in [6, 6.07) is 7.59. The monoisotopic (exact) mass is 378 g/mol. The van der Waals surface area contributed by atoms with Gasteiger partial charge in [-0.2, -0.15) is 21.5 Å². The normalized spacial score (nSPS) is 11.5. The molecule has 134 valence electrons. The number of hydrogen-bond acceptors (Lipinski definition) is 6. The molecule has 0 spiro atoms. The number of fused-ring (bicyclic) bond motifs is 3. The van der Waals surface area contributed by atoms with Crippen LogP contribution in [0.15, 0.2) is 45.6 Å². The Kier molecular flexibility index (Phi) is 3.41. The zero-order chi connectivity index (χ0) is 18.5. The van der Waals surface area contributed by atoms with Gasteiger partial charge in [-0.25, -0.2) is 4.68 Å². The van der Waals surface area contributed by atoms with Crippen LogP contribution in [0.2, 0.25) is 0 Å². The lowest BCUT2D eigenvalue weighted by Crippen LogP contribution is -1.99. The van der Waals surface area contributed by atoms with Gasteiger partial charge in [-0.15, -0.1) is 0 Å². The quantitative estimate of drug-likeness (QED) is 0.441. The predicted octanol–water partition coefficient (Wildman–Crippen LogP) is 4.05. The van der Waals surface area contributed by atoms with Crippen LogP contribution in [0.3, 0.4) is 0 Å². The fourth-order valence-electron chi connectivity index (χ4n) is 3.24. The number of thiophene rings is 1. The van der Waals surface area contributed by atoms with E-state index in [1.165, 1.54) is 0 Å². The second-order valence-electron chi connectivity index (χ2n) is 6.10. The third-order valence-electron chi connectivity index (χ3n) is 4.50. The van der Waals surface area contributed by atoms with Crippen molar-refractivity contribution in [2.75, 3.05) is 7.11 Å². The van der Waals surface area contributed by atoms with E-state index in [9.17, 15) is 4.79 Å². The third-order valence-corrected chi connectivity index (χ3v) is 5.17. The summed E-state index contributed by atoms with van der Waals surface area (Å²) < 4.78 is 14.8. The van der Waals surface area contributed by atoms with Crippen LogP contribution in [0.4, 0.5) is 0 Å².